The summed E-state index contributed by atoms with van der Waals surface area (Å²) in [6, 6.07) is 2.23. The number of aromatic nitrogens is 4. The zero-order valence-electron chi connectivity index (χ0n) is 13.1. The Kier molecular flexibility index (Phi) is 4.18. The van der Waals surface area contributed by atoms with Crippen LogP contribution in [0.5, 0.6) is 0 Å². The predicted molar refractivity (Wildman–Crippen MR) is 82.4 cm³/mol. The number of aryl methyl sites for hydroxylation is 2. The minimum absolute atomic E-state index is 0.0284. The molecular formula is C16H21N5O. The number of carbonyl (C=O) groups is 1. The number of rotatable bonds is 3. The minimum atomic E-state index is -0.0284. The fourth-order valence-electron chi connectivity index (χ4n) is 3.07. The molecule has 2 aromatic heterocycles. The van der Waals surface area contributed by atoms with Crippen LogP contribution in [0.4, 0.5) is 0 Å². The largest absolute Gasteiger partial charge is 0.332 e. The maximum Gasteiger partial charge on any atom is 0.274 e. The number of nitrogens with zero attached hydrogens (tertiary/aromatic N) is 5. The summed E-state index contributed by atoms with van der Waals surface area (Å²) in [5.74, 6) is -0.0284. The van der Waals surface area contributed by atoms with Crippen LogP contribution in [0.25, 0.3) is 0 Å². The zero-order chi connectivity index (χ0) is 15.5. The molecule has 0 aromatic carbocycles. The van der Waals surface area contributed by atoms with E-state index in [2.05, 4.69) is 28.1 Å². The van der Waals surface area contributed by atoms with Gasteiger partial charge in [0.25, 0.3) is 5.91 Å². The standard InChI is InChI=1S/C16H21N5O/c1-12-9-13(2)21(19-12)11-14-5-3-4-8-20(14)16(22)15-10-17-6-7-18-15/h6-7,9-10,14H,3-5,8,11H2,1-2H3/t14-/m1/s1. The first-order valence-corrected chi connectivity index (χ1v) is 7.73. The van der Waals surface area contributed by atoms with Crippen LogP contribution in [0, 0.1) is 13.8 Å². The molecule has 0 aliphatic carbocycles. The van der Waals surface area contributed by atoms with Gasteiger partial charge in [-0.05, 0) is 39.2 Å². The summed E-state index contributed by atoms with van der Waals surface area (Å²) in [5.41, 5.74) is 2.57. The molecule has 0 unspecified atom stereocenters. The quantitative estimate of drug-likeness (QED) is 0.869. The van der Waals surface area contributed by atoms with E-state index >= 15 is 0 Å². The highest BCUT2D eigenvalue weighted by molar-refractivity contribution is 5.92. The second kappa shape index (κ2) is 6.25. The van der Waals surface area contributed by atoms with Crippen molar-refractivity contribution in [1.82, 2.24) is 24.6 Å². The van der Waals surface area contributed by atoms with E-state index in [0.29, 0.717) is 5.69 Å². The molecule has 116 valence electrons. The molecule has 0 bridgehead atoms. The molecule has 0 saturated carbocycles. The molecule has 2 aromatic rings. The fourth-order valence-corrected chi connectivity index (χ4v) is 3.07. The summed E-state index contributed by atoms with van der Waals surface area (Å²) in [6.45, 7) is 5.57. The van der Waals surface area contributed by atoms with Gasteiger partial charge in [0.05, 0.1) is 24.5 Å². The van der Waals surface area contributed by atoms with Crippen molar-refractivity contribution in [2.45, 2.75) is 45.7 Å². The topological polar surface area (TPSA) is 63.9 Å². The van der Waals surface area contributed by atoms with Crippen LogP contribution in [-0.2, 0) is 6.54 Å². The number of carbonyl (C=O) groups excluding carboxylic acids is 1. The van der Waals surface area contributed by atoms with Gasteiger partial charge in [-0.2, -0.15) is 5.10 Å². The molecule has 1 atom stereocenters. The Hall–Kier alpha value is -2.24. The van der Waals surface area contributed by atoms with E-state index in [4.69, 9.17) is 0 Å². The van der Waals surface area contributed by atoms with Crippen molar-refractivity contribution in [2.24, 2.45) is 0 Å². The van der Waals surface area contributed by atoms with Crippen LogP contribution >= 0.6 is 0 Å². The molecule has 6 nitrogen and oxygen atoms in total. The fraction of sp³-hybridized carbons (Fsp3) is 0.500. The van der Waals surface area contributed by atoms with Crippen molar-refractivity contribution in [3.8, 4) is 0 Å². The Morgan fingerprint density at radius 3 is 2.86 bits per heavy atom. The van der Waals surface area contributed by atoms with Crippen LogP contribution in [-0.4, -0.2) is 43.1 Å². The molecule has 1 amide bonds. The monoisotopic (exact) mass is 299 g/mol. The predicted octanol–water partition coefficient (Wildman–Crippen LogP) is 1.98. The zero-order valence-corrected chi connectivity index (χ0v) is 13.1. The lowest BCUT2D eigenvalue weighted by molar-refractivity contribution is 0.0576. The molecule has 1 aliphatic heterocycles. The first kappa shape index (κ1) is 14.7. The van der Waals surface area contributed by atoms with Gasteiger partial charge in [-0.3, -0.25) is 14.5 Å². The first-order valence-electron chi connectivity index (χ1n) is 7.73. The second-order valence-corrected chi connectivity index (χ2v) is 5.85. The SMILES string of the molecule is Cc1cc(C)n(C[C@H]2CCCCN2C(=O)c2cnccn2)n1. The van der Waals surface area contributed by atoms with Gasteiger partial charge < -0.3 is 4.90 Å². The van der Waals surface area contributed by atoms with Gasteiger partial charge in [-0.15, -0.1) is 0 Å². The Labute approximate surface area is 130 Å². The highest BCUT2D eigenvalue weighted by atomic mass is 16.2. The van der Waals surface area contributed by atoms with E-state index in [1.807, 2.05) is 16.5 Å². The van der Waals surface area contributed by atoms with Crippen molar-refractivity contribution >= 4 is 5.91 Å². The maximum atomic E-state index is 12.7. The molecule has 1 aliphatic rings. The molecular weight excluding hydrogens is 278 g/mol. The third-order valence-corrected chi connectivity index (χ3v) is 4.16. The minimum Gasteiger partial charge on any atom is -0.332 e. The van der Waals surface area contributed by atoms with Crippen LogP contribution < -0.4 is 0 Å². The summed E-state index contributed by atoms with van der Waals surface area (Å²) in [5, 5.41) is 4.52. The smallest absolute Gasteiger partial charge is 0.274 e. The van der Waals surface area contributed by atoms with E-state index in [1.165, 1.54) is 6.20 Å². The van der Waals surface area contributed by atoms with Gasteiger partial charge in [0.2, 0.25) is 0 Å². The van der Waals surface area contributed by atoms with Gasteiger partial charge in [0.15, 0.2) is 0 Å². The Balaban J connectivity index is 1.79. The van der Waals surface area contributed by atoms with Crippen molar-refractivity contribution < 1.29 is 4.79 Å². The molecule has 0 radical (unpaired) electrons. The summed E-state index contributed by atoms with van der Waals surface area (Å²) in [4.78, 5) is 22.8. The van der Waals surface area contributed by atoms with E-state index < -0.39 is 0 Å². The normalized spacial score (nSPS) is 18.5. The average molecular weight is 299 g/mol. The molecule has 1 fully saturated rings. The van der Waals surface area contributed by atoms with Crippen molar-refractivity contribution in [2.75, 3.05) is 6.54 Å². The lowest BCUT2D eigenvalue weighted by Crippen LogP contribution is -2.46. The summed E-state index contributed by atoms with van der Waals surface area (Å²) in [6.07, 6.45) is 7.88. The van der Waals surface area contributed by atoms with Gasteiger partial charge in [-0.25, -0.2) is 4.98 Å². The van der Waals surface area contributed by atoms with E-state index in [9.17, 15) is 4.79 Å². The highest BCUT2D eigenvalue weighted by Crippen LogP contribution is 2.21. The molecule has 6 heteroatoms. The van der Waals surface area contributed by atoms with Crippen LogP contribution in [0.3, 0.4) is 0 Å². The van der Waals surface area contributed by atoms with Gasteiger partial charge in [-0.1, -0.05) is 0 Å². The molecule has 1 saturated heterocycles. The van der Waals surface area contributed by atoms with Gasteiger partial charge in [0, 0.05) is 24.6 Å². The lowest BCUT2D eigenvalue weighted by Gasteiger charge is -2.35. The Morgan fingerprint density at radius 1 is 1.32 bits per heavy atom. The summed E-state index contributed by atoms with van der Waals surface area (Å²) >= 11 is 0. The number of likely N-dealkylation sites (tertiary alicyclic amines) is 1. The van der Waals surface area contributed by atoms with Crippen molar-refractivity contribution in [1.29, 1.82) is 0 Å². The van der Waals surface area contributed by atoms with Gasteiger partial charge in [0.1, 0.15) is 5.69 Å². The molecule has 0 spiro atoms. The molecule has 3 rings (SSSR count). The van der Waals surface area contributed by atoms with Crippen LogP contribution in [0.1, 0.15) is 41.1 Å². The average Bonchev–Trinajstić information content (AvgIpc) is 2.86. The Morgan fingerprint density at radius 2 is 2.18 bits per heavy atom. The molecule has 22 heavy (non-hydrogen) atoms. The van der Waals surface area contributed by atoms with Crippen molar-refractivity contribution in [3.05, 3.63) is 41.7 Å². The number of hydrogen-bond acceptors (Lipinski definition) is 4. The number of amides is 1. The highest BCUT2D eigenvalue weighted by Gasteiger charge is 2.29. The van der Waals surface area contributed by atoms with E-state index in [-0.39, 0.29) is 11.9 Å². The third-order valence-electron chi connectivity index (χ3n) is 4.16. The summed E-state index contributed by atoms with van der Waals surface area (Å²) < 4.78 is 2.00. The molecule has 3 heterocycles. The number of piperidine rings is 1. The third kappa shape index (κ3) is 3.00. The van der Waals surface area contributed by atoms with Crippen molar-refractivity contribution in [3.63, 3.8) is 0 Å². The van der Waals surface area contributed by atoms with Gasteiger partial charge >= 0.3 is 0 Å². The molecule has 0 N–H and O–H groups in total. The summed E-state index contributed by atoms with van der Waals surface area (Å²) in [7, 11) is 0. The maximum absolute atomic E-state index is 12.7. The Bertz CT molecular complexity index is 652. The van der Waals surface area contributed by atoms with E-state index in [0.717, 1.165) is 43.7 Å². The van der Waals surface area contributed by atoms with Crippen LogP contribution in [0.15, 0.2) is 24.7 Å². The number of hydrogen-bond donors (Lipinski definition) is 0. The first-order chi connectivity index (χ1) is 10.6. The second-order valence-electron chi connectivity index (χ2n) is 5.85. The van der Waals surface area contributed by atoms with E-state index in [1.54, 1.807) is 12.4 Å². The lowest BCUT2D eigenvalue weighted by atomic mass is 10.0. The van der Waals surface area contributed by atoms with Crippen LogP contribution in [0.2, 0.25) is 0 Å².